The van der Waals surface area contributed by atoms with Gasteiger partial charge in [-0.3, -0.25) is 9.59 Å². The van der Waals surface area contributed by atoms with E-state index in [0.717, 1.165) is 37.1 Å². The van der Waals surface area contributed by atoms with Gasteiger partial charge in [0.15, 0.2) is 0 Å². The van der Waals surface area contributed by atoms with Crippen molar-refractivity contribution < 1.29 is 9.59 Å². The van der Waals surface area contributed by atoms with E-state index in [4.69, 9.17) is 0 Å². The second kappa shape index (κ2) is 5.45. The first-order chi connectivity index (χ1) is 12.2. The summed E-state index contributed by atoms with van der Waals surface area (Å²) in [4.78, 5) is 26.8. The van der Waals surface area contributed by atoms with Crippen LogP contribution in [-0.2, 0) is 17.6 Å². The molecule has 2 amide bonds. The van der Waals surface area contributed by atoms with Crippen molar-refractivity contribution in [1.82, 2.24) is 4.90 Å². The van der Waals surface area contributed by atoms with Gasteiger partial charge < -0.3 is 10.2 Å². The van der Waals surface area contributed by atoms with Crippen molar-refractivity contribution in [3.8, 4) is 0 Å². The van der Waals surface area contributed by atoms with Crippen molar-refractivity contribution >= 4 is 17.5 Å². The van der Waals surface area contributed by atoms with E-state index in [1.165, 1.54) is 11.1 Å². The van der Waals surface area contributed by atoms with Crippen molar-refractivity contribution in [2.45, 2.75) is 37.6 Å². The van der Waals surface area contributed by atoms with Gasteiger partial charge in [-0.15, -0.1) is 0 Å². The maximum atomic E-state index is 13.2. The Bertz CT molecular complexity index is 889. The van der Waals surface area contributed by atoms with Gasteiger partial charge in [-0.25, -0.2) is 0 Å². The lowest BCUT2D eigenvalue weighted by molar-refractivity contribution is -0.115. The van der Waals surface area contributed by atoms with Crippen LogP contribution >= 0.6 is 0 Å². The first-order valence-electron chi connectivity index (χ1n) is 9.02. The maximum absolute atomic E-state index is 13.2. The number of nitrogens with one attached hydrogen (secondary N) is 1. The van der Waals surface area contributed by atoms with Gasteiger partial charge in [0.25, 0.3) is 5.91 Å². The Morgan fingerprint density at radius 2 is 2.00 bits per heavy atom. The van der Waals surface area contributed by atoms with Crippen molar-refractivity contribution in [3.63, 3.8) is 0 Å². The largest absolute Gasteiger partial charge is 0.335 e. The maximum Gasteiger partial charge on any atom is 0.254 e. The quantitative estimate of drug-likeness (QED) is 0.872. The molecule has 1 fully saturated rings. The molecule has 5 rings (SSSR count). The van der Waals surface area contributed by atoms with Crippen LogP contribution in [-0.4, -0.2) is 29.3 Å². The summed E-state index contributed by atoms with van der Waals surface area (Å²) in [5, 5.41) is 2.85. The van der Waals surface area contributed by atoms with E-state index in [2.05, 4.69) is 34.5 Å². The Hall–Kier alpha value is -2.62. The summed E-state index contributed by atoms with van der Waals surface area (Å²) in [6.45, 7) is 0.817. The van der Waals surface area contributed by atoms with Gasteiger partial charge >= 0.3 is 0 Å². The number of carbonyl (C=O) groups excluding carboxylic acids is 2. The lowest BCUT2D eigenvalue weighted by atomic mass is 9.88. The SMILES string of the molecule is O=C1Cc2ccc(C(=O)N3CCC[C@@H]4c5ccccc5CC43)cc2N1. The molecule has 2 aliphatic heterocycles. The first-order valence-corrected chi connectivity index (χ1v) is 9.02. The number of likely N-dealkylation sites (tertiary alicyclic amines) is 1. The minimum atomic E-state index is 0.00359. The summed E-state index contributed by atoms with van der Waals surface area (Å²) in [5.74, 6) is 0.554. The second-order valence-electron chi connectivity index (χ2n) is 7.31. The molecule has 1 unspecified atom stereocenters. The van der Waals surface area contributed by atoms with E-state index in [-0.39, 0.29) is 17.9 Å². The van der Waals surface area contributed by atoms with Gasteiger partial charge in [0.2, 0.25) is 5.91 Å². The predicted molar refractivity (Wildman–Crippen MR) is 95.7 cm³/mol. The molecule has 0 aromatic heterocycles. The molecule has 0 bridgehead atoms. The zero-order chi connectivity index (χ0) is 17.0. The lowest BCUT2D eigenvalue weighted by Gasteiger charge is -2.38. The highest BCUT2D eigenvalue weighted by atomic mass is 16.2. The van der Waals surface area contributed by atoms with Crippen LogP contribution in [0.1, 0.15) is 45.8 Å². The summed E-state index contributed by atoms with van der Waals surface area (Å²) < 4.78 is 0. The number of hydrogen-bond donors (Lipinski definition) is 1. The molecular formula is C21H20N2O2. The van der Waals surface area contributed by atoms with Gasteiger partial charge in [0.05, 0.1) is 6.42 Å². The number of rotatable bonds is 1. The molecule has 0 saturated carbocycles. The van der Waals surface area contributed by atoms with Gasteiger partial charge in [-0.05, 0) is 48.1 Å². The number of nitrogens with zero attached hydrogens (tertiary/aromatic N) is 1. The molecule has 126 valence electrons. The molecule has 1 aliphatic carbocycles. The van der Waals surface area contributed by atoms with Gasteiger partial charge in [-0.1, -0.05) is 30.3 Å². The van der Waals surface area contributed by atoms with Crippen LogP contribution < -0.4 is 5.32 Å². The molecule has 4 heteroatoms. The predicted octanol–water partition coefficient (Wildman–Crippen LogP) is 3.13. The molecule has 2 atom stereocenters. The van der Waals surface area contributed by atoms with E-state index in [1.807, 2.05) is 18.2 Å². The minimum Gasteiger partial charge on any atom is -0.335 e. The normalized spacial score (nSPS) is 23.7. The third kappa shape index (κ3) is 2.28. The molecule has 4 nitrogen and oxygen atoms in total. The van der Waals surface area contributed by atoms with Crippen molar-refractivity contribution in [2.75, 3.05) is 11.9 Å². The third-order valence-electron chi connectivity index (χ3n) is 5.91. The monoisotopic (exact) mass is 332 g/mol. The fraction of sp³-hybridized carbons (Fsp3) is 0.333. The van der Waals surface area contributed by atoms with E-state index in [1.54, 1.807) is 0 Å². The Morgan fingerprint density at radius 3 is 2.92 bits per heavy atom. The molecule has 2 aromatic carbocycles. The van der Waals surface area contributed by atoms with Gasteiger partial charge in [0.1, 0.15) is 0 Å². The van der Waals surface area contributed by atoms with Gasteiger partial charge in [0, 0.05) is 29.8 Å². The standard InChI is InChI=1S/C21H20N2O2/c24-20-12-14-7-8-15(10-18(14)22-20)21(25)23-9-3-6-17-16-5-2-1-4-13(16)11-19(17)23/h1-2,4-5,7-8,10,17,19H,3,6,9,11-12H2,(H,22,24)/t17-,19?/m1/s1. The molecule has 1 saturated heterocycles. The van der Waals surface area contributed by atoms with Crippen LogP contribution in [0, 0.1) is 0 Å². The number of fused-ring (bicyclic) bond motifs is 4. The zero-order valence-electron chi connectivity index (χ0n) is 14.0. The van der Waals surface area contributed by atoms with Crippen LogP contribution in [0.4, 0.5) is 5.69 Å². The van der Waals surface area contributed by atoms with Crippen LogP contribution in [0.5, 0.6) is 0 Å². The number of amides is 2. The molecular weight excluding hydrogens is 312 g/mol. The molecule has 2 aromatic rings. The van der Waals surface area contributed by atoms with Crippen LogP contribution in [0.3, 0.4) is 0 Å². The number of hydrogen-bond acceptors (Lipinski definition) is 2. The van der Waals surface area contributed by atoms with E-state index in [9.17, 15) is 9.59 Å². The fourth-order valence-corrected chi connectivity index (χ4v) is 4.74. The molecule has 0 radical (unpaired) electrons. The highest BCUT2D eigenvalue weighted by Gasteiger charge is 2.40. The smallest absolute Gasteiger partial charge is 0.254 e. The topological polar surface area (TPSA) is 49.4 Å². The van der Waals surface area contributed by atoms with Gasteiger partial charge in [-0.2, -0.15) is 0 Å². The fourth-order valence-electron chi connectivity index (χ4n) is 4.74. The molecule has 0 spiro atoms. The second-order valence-corrected chi connectivity index (χ2v) is 7.31. The molecule has 25 heavy (non-hydrogen) atoms. The summed E-state index contributed by atoms with van der Waals surface area (Å²) in [6, 6.07) is 14.5. The number of benzene rings is 2. The van der Waals surface area contributed by atoms with Crippen LogP contribution in [0.15, 0.2) is 42.5 Å². The number of carbonyl (C=O) groups is 2. The van der Waals surface area contributed by atoms with E-state index >= 15 is 0 Å². The minimum absolute atomic E-state index is 0.00359. The first kappa shape index (κ1) is 14.7. The molecule has 3 aliphatic rings. The number of piperidine rings is 1. The van der Waals surface area contributed by atoms with Crippen molar-refractivity contribution in [3.05, 3.63) is 64.7 Å². The molecule has 2 heterocycles. The summed E-state index contributed by atoms with van der Waals surface area (Å²) in [7, 11) is 0. The Labute approximate surface area is 146 Å². The lowest BCUT2D eigenvalue weighted by Crippen LogP contribution is -2.46. The summed E-state index contributed by atoms with van der Waals surface area (Å²) in [6.07, 6.45) is 3.57. The summed E-state index contributed by atoms with van der Waals surface area (Å²) in [5.41, 5.74) is 5.26. The highest BCUT2D eigenvalue weighted by Crippen LogP contribution is 2.42. The Kier molecular flexibility index (Phi) is 3.20. The third-order valence-corrected chi connectivity index (χ3v) is 5.91. The zero-order valence-corrected chi connectivity index (χ0v) is 14.0. The van der Waals surface area contributed by atoms with E-state index in [0.29, 0.717) is 17.9 Å². The van der Waals surface area contributed by atoms with Crippen LogP contribution in [0.25, 0.3) is 0 Å². The van der Waals surface area contributed by atoms with Crippen molar-refractivity contribution in [1.29, 1.82) is 0 Å². The number of anilines is 1. The highest BCUT2D eigenvalue weighted by molar-refractivity contribution is 6.02. The molecule has 1 N–H and O–H groups in total. The Morgan fingerprint density at radius 1 is 1.12 bits per heavy atom. The average molecular weight is 332 g/mol. The average Bonchev–Trinajstić information content (AvgIpc) is 3.19. The van der Waals surface area contributed by atoms with E-state index < -0.39 is 0 Å². The Balaban J connectivity index is 1.45. The van der Waals surface area contributed by atoms with Crippen molar-refractivity contribution in [2.24, 2.45) is 0 Å². The van der Waals surface area contributed by atoms with Crippen LogP contribution in [0.2, 0.25) is 0 Å². The summed E-state index contributed by atoms with van der Waals surface area (Å²) >= 11 is 0.